The van der Waals surface area contributed by atoms with Crippen LogP contribution in [0, 0.1) is 6.92 Å². The number of aromatic nitrogens is 1. The lowest BCUT2D eigenvalue weighted by atomic mass is 9.85. The molecule has 0 unspecified atom stereocenters. The predicted octanol–water partition coefficient (Wildman–Crippen LogP) is 3.42. The van der Waals surface area contributed by atoms with Gasteiger partial charge in [-0.15, -0.1) is 0 Å². The van der Waals surface area contributed by atoms with Gasteiger partial charge in [0, 0.05) is 45.1 Å². The molecule has 1 spiro atoms. The average molecular weight is 455 g/mol. The van der Waals surface area contributed by atoms with Crippen molar-refractivity contribution in [2.24, 2.45) is 0 Å². The Kier molecular flexibility index (Phi) is 7.14. The summed E-state index contributed by atoms with van der Waals surface area (Å²) in [6.07, 6.45) is 5.66. The first-order valence-electron chi connectivity index (χ1n) is 11.7. The van der Waals surface area contributed by atoms with Gasteiger partial charge < -0.3 is 19.0 Å². The van der Waals surface area contributed by atoms with Gasteiger partial charge in [-0.05, 0) is 56.5 Å². The quantitative estimate of drug-likeness (QED) is 0.540. The van der Waals surface area contributed by atoms with Crippen LogP contribution in [-0.2, 0) is 16.1 Å². The zero-order valence-corrected chi connectivity index (χ0v) is 19.8. The number of furan rings is 1. The Balaban J connectivity index is 1.42. The van der Waals surface area contributed by atoms with Gasteiger partial charge >= 0.3 is 6.03 Å². The van der Waals surface area contributed by atoms with Crippen LogP contribution in [0.2, 0.25) is 0 Å². The van der Waals surface area contributed by atoms with Crippen molar-refractivity contribution >= 4 is 11.9 Å². The smallest absolute Gasteiger partial charge is 0.328 e. The summed E-state index contributed by atoms with van der Waals surface area (Å²) in [5.74, 6) is 2.21. The molecule has 0 radical (unpaired) electrons. The van der Waals surface area contributed by atoms with Crippen molar-refractivity contribution in [3.63, 3.8) is 0 Å². The number of hydrogen-bond donors (Lipinski definition) is 0. The summed E-state index contributed by atoms with van der Waals surface area (Å²) in [5, 5.41) is 0. The molecule has 2 aliphatic heterocycles. The van der Waals surface area contributed by atoms with Gasteiger partial charge in [-0.1, -0.05) is 13.0 Å². The second-order valence-corrected chi connectivity index (χ2v) is 9.19. The maximum absolute atomic E-state index is 13.6. The molecule has 178 valence electrons. The number of methoxy groups -OCH3 is 1. The summed E-state index contributed by atoms with van der Waals surface area (Å²) >= 11 is 0. The molecule has 8 heteroatoms. The van der Waals surface area contributed by atoms with Crippen LogP contribution in [0.5, 0.6) is 0 Å². The Bertz CT molecular complexity index is 952. The van der Waals surface area contributed by atoms with Crippen LogP contribution < -0.4 is 0 Å². The SMILES string of the molecule is COCCN1C(=O)N(Cc2cccnc2)C(=O)C12CCN(CC[C@H](C)c1ccc(C)o1)CC2. The molecule has 0 saturated carbocycles. The number of rotatable bonds is 9. The molecule has 2 saturated heterocycles. The minimum Gasteiger partial charge on any atom is -0.466 e. The van der Waals surface area contributed by atoms with E-state index in [4.69, 9.17) is 9.15 Å². The number of carbonyl (C=O) groups is 2. The summed E-state index contributed by atoms with van der Waals surface area (Å²) < 4.78 is 11.0. The molecule has 2 aliphatic rings. The molecule has 3 amide bonds. The fourth-order valence-electron chi connectivity index (χ4n) is 4.96. The summed E-state index contributed by atoms with van der Waals surface area (Å²) in [6.45, 7) is 7.74. The van der Waals surface area contributed by atoms with E-state index in [1.807, 2.05) is 25.1 Å². The minimum absolute atomic E-state index is 0.0912. The molecule has 0 bridgehead atoms. The van der Waals surface area contributed by atoms with Gasteiger partial charge in [0.05, 0.1) is 13.2 Å². The number of amides is 3. The maximum atomic E-state index is 13.6. The number of piperidine rings is 1. The highest BCUT2D eigenvalue weighted by molar-refractivity contribution is 6.07. The van der Waals surface area contributed by atoms with E-state index in [2.05, 4.69) is 22.9 Å². The van der Waals surface area contributed by atoms with E-state index in [9.17, 15) is 9.59 Å². The lowest BCUT2D eigenvalue weighted by molar-refractivity contribution is -0.136. The number of carbonyl (C=O) groups excluding carboxylic acids is 2. The van der Waals surface area contributed by atoms with Crippen LogP contribution in [0.25, 0.3) is 0 Å². The van der Waals surface area contributed by atoms with E-state index in [1.54, 1.807) is 24.4 Å². The summed E-state index contributed by atoms with van der Waals surface area (Å²) in [7, 11) is 1.62. The highest BCUT2D eigenvalue weighted by Gasteiger charge is 2.57. The lowest BCUT2D eigenvalue weighted by Gasteiger charge is -2.42. The Hall–Kier alpha value is -2.71. The third kappa shape index (κ3) is 4.82. The first-order chi connectivity index (χ1) is 15.9. The Morgan fingerprint density at radius 2 is 1.97 bits per heavy atom. The Labute approximate surface area is 195 Å². The predicted molar refractivity (Wildman–Crippen MR) is 124 cm³/mol. The fraction of sp³-hybridized carbons (Fsp3) is 0.560. The van der Waals surface area contributed by atoms with Crippen LogP contribution >= 0.6 is 0 Å². The molecule has 2 aromatic rings. The molecule has 0 N–H and O–H groups in total. The zero-order valence-electron chi connectivity index (χ0n) is 19.8. The first kappa shape index (κ1) is 23.4. The van der Waals surface area contributed by atoms with E-state index in [-0.39, 0.29) is 18.5 Å². The molecule has 2 fully saturated rings. The van der Waals surface area contributed by atoms with Crippen molar-refractivity contribution in [1.29, 1.82) is 0 Å². The third-order valence-electron chi connectivity index (χ3n) is 7.01. The minimum atomic E-state index is -0.780. The van der Waals surface area contributed by atoms with Gasteiger partial charge in [0.25, 0.3) is 5.91 Å². The van der Waals surface area contributed by atoms with Crippen molar-refractivity contribution in [2.75, 3.05) is 39.9 Å². The van der Waals surface area contributed by atoms with Gasteiger partial charge in [0.2, 0.25) is 0 Å². The lowest BCUT2D eigenvalue weighted by Crippen LogP contribution is -2.57. The second-order valence-electron chi connectivity index (χ2n) is 9.19. The number of imide groups is 1. The number of nitrogens with zero attached hydrogens (tertiary/aromatic N) is 4. The van der Waals surface area contributed by atoms with Crippen molar-refractivity contribution in [2.45, 2.75) is 51.1 Å². The molecule has 8 nitrogen and oxygen atoms in total. The van der Waals surface area contributed by atoms with Crippen molar-refractivity contribution < 1.29 is 18.7 Å². The van der Waals surface area contributed by atoms with Gasteiger partial charge in [-0.3, -0.25) is 14.7 Å². The van der Waals surface area contributed by atoms with Crippen molar-refractivity contribution in [3.8, 4) is 0 Å². The highest BCUT2D eigenvalue weighted by Crippen LogP contribution is 2.38. The molecular weight excluding hydrogens is 420 g/mol. The molecule has 0 aromatic carbocycles. The maximum Gasteiger partial charge on any atom is 0.328 e. The molecule has 33 heavy (non-hydrogen) atoms. The van der Waals surface area contributed by atoms with Crippen LogP contribution in [0.1, 0.15) is 49.2 Å². The van der Waals surface area contributed by atoms with E-state index >= 15 is 0 Å². The van der Waals surface area contributed by atoms with E-state index in [0.29, 0.717) is 31.9 Å². The normalized spacial score (nSPS) is 19.6. The van der Waals surface area contributed by atoms with Gasteiger partial charge in [-0.25, -0.2) is 4.79 Å². The van der Waals surface area contributed by atoms with Crippen molar-refractivity contribution in [1.82, 2.24) is 19.7 Å². The molecule has 4 rings (SSSR count). The van der Waals surface area contributed by atoms with Gasteiger partial charge in [0.1, 0.15) is 17.1 Å². The van der Waals surface area contributed by atoms with Crippen molar-refractivity contribution in [3.05, 3.63) is 53.7 Å². The number of ether oxygens (including phenoxy) is 1. The van der Waals surface area contributed by atoms with Crippen LogP contribution in [0.4, 0.5) is 4.79 Å². The molecule has 2 aromatic heterocycles. The fourth-order valence-corrected chi connectivity index (χ4v) is 4.96. The number of aryl methyl sites for hydroxylation is 1. The number of likely N-dealkylation sites (tertiary alicyclic amines) is 1. The second kappa shape index (κ2) is 10.1. The van der Waals surface area contributed by atoms with E-state index in [0.717, 1.165) is 43.1 Å². The molecule has 0 aliphatic carbocycles. The number of pyridine rings is 1. The third-order valence-corrected chi connectivity index (χ3v) is 7.01. The van der Waals surface area contributed by atoms with Gasteiger partial charge in [-0.2, -0.15) is 0 Å². The standard InChI is InChI=1S/C25H34N4O4/c1-19(22-7-6-20(2)33-22)8-12-27-13-9-25(10-14-27)23(30)28(18-21-5-4-11-26-17-21)24(31)29(25)15-16-32-3/h4-7,11,17,19H,8-10,12-16,18H2,1-3H3/t19-/m0/s1. The van der Waals surface area contributed by atoms with Gasteiger partial charge in [0.15, 0.2) is 0 Å². The largest absolute Gasteiger partial charge is 0.466 e. The number of urea groups is 1. The average Bonchev–Trinajstić information content (AvgIpc) is 3.34. The molecule has 1 atom stereocenters. The highest BCUT2D eigenvalue weighted by atomic mass is 16.5. The summed E-state index contributed by atoms with van der Waals surface area (Å²) in [5.41, 5.74) is 0.0699. The monoisotopic (exact) mass is 454 g/mol. The van der Waals surface area contributed by atoms with Crippen LogP contribution in [0.3, 0.4) is 0 Å². The Morgan fingerprint density at radius 3 is 2.61 bits per heavy atom. The molecule has 4 heterocycles. The van der Waals surface area contributed by atoms with Crippen LogP contribution in [-0.4, -0.2) is 77.1 Å². The zero-order chi connectivity index (χ0) is 23.4. The molecular formula is C25H34N4O4. The van der Waals surface area contributed by atoms with Crippen LogP contribution in [0.15, 0.2) is 41.1 Å². The first-order valence-corrected chi connectivity index (χ1v) is 11.7. The summed E-state index contributed by atoms with van der Waals surface area (Å²) in [4.78, 5) is 36.5. The Morgan fingerprint density at radius 1 is 1.18 bits per heavy atom. The summed E-state index contributed by atoms with van der Waals surface area (Å²) in [6, 6.07) is 7.55. The van der Waals surface area contributed by atoms with E-state index in [1.165, 1.54) is 4.90 Å². The van der Waals surface area contributed by atoms with E-state index < -0.39 is 5.54 Å². The topological polar surface area (TPSA) is 79.1 Å². The number of hydrogen-bond acceptors (Lipinski definition) is 6.